The molecule has 2 aromatic rings. The molecule has 0 N–H and O–H groups in total. The van der Waals surface area contributed by atoms with Crippen LogP contribution in [0.25, 0.3) is 0 Å². The summed E-state index contributed by atoms with van der Waals surface area (Å²) < 4.78 is 29.5. The topological polar surface area (TPSA) is 87.5 Å². The van der Waals surface area contributed by atoms with Crippen LogP contribution in [0.5, 0.6) is 0 Å². The Balaban J connectivity index is 1.48. The van der Waals surface area contributed by atoms with Crippen molar-refractivity contribution in [3.05, 3.63) is 30.5 Å². The average molecular weight is 434 g/mol. The van der Waals surface area contributed by atoms with Crippen molar-refractivity contribution >= 4 is 15.8 Å². The van der Waals surface area contributed by atoms with Gasteiger partial charge in [-0.05, 0) is 45.9 Å². The summed E-state index contributed by atoms with van der Waals surface area (Å²) in [6.07, 6.45) is 5.41. The molecule has 2 aliphatic heterocycles. The number of piperazine rings is 1. The number of likely N-dealkylation sites (N-methyl/N-ethyl adjacent to an activating group) is 1. The Morgan fingerprint density at radius 3 is 2.53 bits per heavy atom. The molecule has 4 heterocycles. The third-order valence-corrected chi connectivity index (χ3v) is 7.97. The van der Waals surface area contributed by atoms with Gasteiger partial charge in [-0.3, -0.25) is 0 Å². The minimum Gasteiger partial charge on any atom is -0.356 e. The number of anilines is 1. The maximum atomic E-state index is 12.9. The summed E-state index contributed by atoms with van der Waals surface area (Å²) in [6.45, 7) is 8.52. The highest BCUT2D eigenvalue weighted by Crippen LogP contribution is 2.29. The van der Waals surface area contributed by atoms with Crippen LogP contribution in [0.2, 0.25) is 0 Å². The number of pyridine rings is 1. The number of piperidine rings is 1. The zero-order chi connectivity index (χ0) is 21.3. The summed E-state index contributed by atoms with van der Waals surface area (Å²) in [5.41, 5.74) is 0. The van der Waals surface area contributed by atoms with Crippen molar-refractivity contribution in [1.82, 2.24) is 29.0 Å². The van der Waals surface area contributed by atoms with Crippen molar-refractivity contribution in [3.63, 3.8) is 0 Å². The van der Waals surface area contributed by atoms with Gasteiger partial charge >= 0.3 is 0 Å². The number of aromatic nitrogens is 4. The van der Waals surface area contributed by atoms with Crippen molar-refractivity contribution in [2.45, 2.75) is 43.5 Å². The second-order valence-corrected chi connectivity index (χ2v) is 10.5. The van der Waals surface area contributed by atoms with Gasteiger partial charge in [0.25, 0.3) is 0 Å². The molecule has 9 nitrogen and oxygen atoms in total. The van der Waals surface area contributed by atoms with Gasteiger partial charge in [0.1, 0.15) is 22.9 Å². The molecule has 2 saturated heterocycles. The van der Waals surface area contributed by atoms with Crippen LogP contribution in [0.15, 0.2) is 29.6 Å². The summed E-state index contributed by atoms with van der Waals surface area (Å²) in [6, 6.07) is 3.84. The molecular weight excluding hydrogens is 402 g/mol. The molecule has 2 fully saturated rings. The van der Waals surface area contributed by atoms with Gasteiger partial charge in [0.15, 0.2) is 0 Å². The number of hydrogen-bond acceptors (Lipinski definition) is 7. The van der Waals surface area contributed by atoms with Crippen LogP contribution >= 0.6 is 0 Å². The molecule has 164 valence electrons. The molecule has 0 aliphatic carbocycles. The maximum Gasteiger partial charge on any atom is 0.244 e. The lowest BCUT2D eigenvalue weighted by atomic mass is 9.97. The average Bonchev–Trinajstić information content (AvgIpc) is 3.25. The van der Waals surface area contributed by atoms with Crippen LogP contribution in [0.4, 0.5) is 5.82 Å². The van der Waals surface area contributed by atoms with Gasteiger partial charge in [-0.25, -0.2) is 13.4 Å². The van der Waals surface area contributed by atoms with E-state index >= 15 is 0 Å². The SMILES string of the molecule is CC(C)n1cnnc1C1CCCN(c2ccc(S(=O)(=O)N3CCN(C)CC3)cn2)C1. The largest absolute Gasteiger partial charge is 0.356 e. The van der Waals surface area contributed by atoms with E-state index in [2.05, 4.69) is 43.4 Å². The van der Waals surface area contributed by atoms with Crippen LogP contribution in [0, 0.1) is 0 Å². The molecule has 2 aliphatic rings. The number of hydrogen-bond donors (Lipinski definition) is 0. The molecule has 0 spiro atoms. The first-order valence-corrected chi connectivity index (χ1v) is 12.1. The predicted octanol–water partition coefficient (Wildman–Crippen LogP) is 1.57. The van der Waals surface area contributed by atoms with Crippen molar-refractivity contribution in [2.75, 3.05) is 51.2 Å². The van der Waals surface area contributed by atoms with Crippen LogP contribution in [-0.2, 0) is 10.0 Å². The highest BCUT2D eigenvalue weighted by molar-refractivity contribution is 7.89. The van der Waals surface area contributed by atoms with E-state index in [-0.39, 0.29) is 4.90 Å². The molecule has 2 aromatic heterocycles. The number of rotatable bonds is 5. The minimum absolute atomic E-state index is 0.268. The molecule has 0 bridgehead atoms. The zero-order valence-corrected chi connectivity index (χ0v) is 18.8. The highest BCUT2D eigenvalue weighted by atomic mass is 32.2. The normalized spacial score (nSPS) is 22.0. The quantitative estimate of drug-likeness (QED) is 0.707. The Morgan fingerprint density at radius 2 is 1.87 bits per heavy atom. The third-order valence-electron chi connectivity index (χ3n) is 6.09. The number of nitrogens with zero attached hydrogens (tertiary/aromatic N) is 7. The van der Waals surface area contributed by atoms with Crippen molar-refractivity contribution in [2.24, 2.45) is 0 Å². The van der Waals surface area contributed by atoms with E-state index in [0.29, 0.717) is 25.0 Å². The molecule has 30 heavy (non-hydrogen) atoms. The lowest BCUT2D eigenvalue weighted by Gasteiger charge is -2.34. The summed E-state index contributed by atoms with van der Waals surface area (Å²) in [5.74, 6) is 2.12. The van der Waals surface area contributed by atoms with Gasteiger partial charge in [0.05, 0.1) is 0 Å². The molecule has 0 radical (unpaired) electrons. The van der Waals surface area contributed by atoms with Gasteiger partial charge in [-0.1, -0.05) is 0 Å². The van der Waals surface area contributed by atoms with E-state index in [1.807, 2.05) is 13.1 Å². The van der Waals surface area contributed by atoms with Gasteiger partial charge in [0.2, 0.25) is 10.0 Å². The predicted molar refractivity (Wildman–Crippen MR) is 115 cm³/mol. The van der Waals surface area contributed by atoms with Gasteiger partial charge in [-0.15, -0.1) is 10.2 Å². The van der Waals surface area contributed by atoms with E-state index in [1.165, 1.54) is 6.20 Å². The fourth-order valence-corrected chi connectivity index (χ4v) is 5.60. The molecular formula is C20H31N7O2S. The Kier molecular flexibility index (Phi) is 6.08. The Labute approximate surface area is 178 Å². The lowest BCUT2D eigenvalue weighted by Crippen LogP contribution is -2.47. The first-order valence-electron chi connectivity index (χ1n) is 10.7. The smallest absolute Gasteiger partial charge is 0.244 e. The minimum atomic E-state index is -3.49. The van der Waals surface area contributed by atoms with E-state index in [0.717, 1.165) is 50.7 Å². The molecule has 4 rings (SSSR count). The van der Waals surface area contributed by atoms with E-state index in [4.69, 9.17) is 0 Å². The highest BCUT2D eigenvalue weighted by Gasteiger charge is 2.29. The molecule has 0 amide bonds. The van der Waals surface area contributed by atoms with Crippen molar-refractivity contribution < 1.29 is 8.42 Å². The monoisotopic (exact) mass is 433 g/mol. The van der Waals surface area contributed by atoms with Crippen LogP contribution < -0.4 is 4.90 Å². The van der Waals surface area contributed by atoms with E-state index < -0.39 is 10.0 Å². The van der Waals surface area contributed by atoms with E-state index in [9.17, 15) is 8.42 Å². The van der Waals surface area contributed by atoms with Crippen LogP contribution in [0.3, 0.4) is 0 Å². The molecule has 10 heteroatoms. The first-order chi connectivity index (χ1) is 14.4. The van der Waals surface area contributed by atoms with Gasteiger partial charge < -0.3 is 14.4 Å². The fourth-order valence-electron chi connectivity index (χ4n) is 4.23. The molecule has 1 atom stereocenters. The summed E-state index contributed by atoms with van der Waals surface area (Å²) in [4.78, 5) is 9.15. The lowest BCUT2D eigenvalue weighted by molar-refractivity contribution is 0.222. The van der Waals surface area contributed by atoms with Crippen LogP contribution in [-0.4, -0.2) is 83.7 Å². The second-order valence-electron chi connectivity index (χ2n) is 8.53. The molecule has 0 aromatic carbocycles. The van der Waals surface area contributed by atoms with E-state index in [1.54, 1.807) is 16.7 Å². The fraction of sp³-hybridized carbons (Fsp3) is 0.650. The van der Waals surface area contributed by atoms with Gasteiger partial charge in [0, 0.05) is 57.4 Å². The molecule has 0 saturated carbocycles. The molecule has 1 unspecified atom stereocenters. The van der Waals surface area contributed by atoms with Crippen molar-refractivity contribution in [1.29, 1.82) is 0 Å². The Bertz CT molecular complexity index is 950. The van der Waals surface area contributed by atoms with Gasteiger partial charge in [-0.2, -0.15) is 4.31 Å². The third kappa shape index (κ3) is 4.21. The Morgan fingerprint density at radius 1 is 1.10 bits per heavy atom. The Hall–Kier alpha value is -2.04. The van der Waals surface area contributed by atoms with Crippen molar-refractivity contribution in [3.8, 4) is 0 Å². The second kappa shape index (κ2) is 8.60. The summed E-state index contributed by atoms with van der Waals surface area (Å²) in [7, 11) is -1.48. The zero-order valence-electron chi connectivity index (χ0n) is 18.0. The summed E-state index contributed by atoms with van der Waals surface area (Å²) >= 11 is 0. The first kappa shape index (κ1) is 21.2. The summed E-state index contributed by atoms with van der Waals surface area (Å²) in [5, 5.41) is 8.48. The van der Waals surface area contributed by atoms with Crippen LogP contribution in [0.1, 0.15) is 44.5 Å². The maximum absolute atomic E-state index is 12.9. The number of sulfonamides is 1. The standard InChI is InChI=1S/C20H31N7O2S/c1-16(2)27-15-22-23-20(27)17-5-4-8-25(14-17)19-7-6-18(13-21-19)30(28,29)26-11-9-24(3)10-12-26/h6-7,13,15-17H,4-5,8-12,14H2,1-3H3.